The van der Waals surface area contributed by atoms with Crippen LogP contribution in [0.5, 0.6) is 0 Å². The van der Waals surface area contributed by atoms with Gasteiger partial charge in [0.05, 0.1) is 11.8 Å². The van der Waals surface area contributed by atoms with E-state index < -0.39 is 27.7 Å². The maximum absolute atomic E-state index is 14.0. The number of piperazine rings is 1. The first-order valence-electron chi connectivity index (χ1n) is 10.3. The van der Waals surface area contributed by atoms with Crippen LogP contribution in [0.2, 0.25) is 0 Å². The molecule has 10 heteroatoms. The summed E-state index contributed by atoms with van der Waals surface area (Å²) in [4.78, 5) is 31.0. The monoisotopic (exact) mass is 477 g/mol. The Hall–Kier alpha value is -2.56. The fourth-order valence-corrected chi connectivity index (χ4v) is 6.12. The number of anilines is 1. The number of benzene rings is 1. The summed E-state index contributed by atoms with van der Waals surface area (Å²) >= 11 is 1.47. The Morgan fingerprint density at radius 1 is 1.12 bits per heavy atom. The summed E-state index contributed by atoms with van der Waals surface area (Å²) in [6, 6.07) is 6.06. The highest BCUT2D eigenvalue weighted by Crippen LogP contribution is 2.32. The predicted octanol–water partition coefficient (Wildman–Crippen LogP) is 2.44. The summed E-state index contributed by atoms with van der Waals surface area (Å²) < 4.78 is 37.8. The van der Waals surface area contributed by atoms with Crippen molar-refractivity contribution in [3.8, 4) is 0 Å². The third kappa shape index (κ3) is 4.77. The van der Waals surface area contributed by atoms with Crippen LogP contribution < -0.4 is 4.90 Å². The Bertz CT molecular complexity index is 1110. The summed E-state index contributed by atoms with van der Waals surface area (Å²) in [6.07, 6.45) is 1.51. The maximum atomic E-state index is 14.0. The quantitative estimate of drug-likeness (QED) is 0.661. The van der Waals surface area contributed by atoms with Crippen LogP contribution in [0.4, 0.5) is 10.1 Å². The van der Waals surface area contributed by atoms with Gasteiger partial charge in [-0.1, -0.05) is 0 Å². The summed E-state index contributed by atoms with van der Waals surface area (Å²) in [7, 11) is -3.42. The lowest BCUT2D eigenvalue weighted by Crippen LogP contribution is -2.54. The Morgan fingerprint density at radius 2 is 1.81 bits per heavy atom. The van der Waals surface area contributed by atoms with Crippen molar-refractivity contribution in [1.29, 1.82) is 0 Å². The fourth-order valence-electron chi connectivity index (χ4n) is 4.17. The molecule has 2 unspecified atom stereocenters. The van der Waals surface area contributed by atoms with Gasteiger partial charge < -0.3 is 9.80 Å². The van der Waals surface area contributed by atoms with Gasteiger partial charge in [-0.15, -0.1) is 0 Å². The van der Waals surface area contributed by atoms with Crippen LogP contribution in [0.25, 0.3) is 0 Å². The van der Waals surface area contributed by atoms with Gasteiger partial charge in [-0.3, -0.25) is 14.5 Å². The number of carbonyl (C=O) groups excluding carboxylic acids is 2. The van der Waals surface area contributed by atoms with Gasteiger partial charge in [-0.2, -0.15) is 11.3 Å². The van der Waals surface area contributed by atoms with E-state index in [9.17, 15) is 22.4 Å². The molecule has 0 N–H and O–H groups in total. The average Bonchev–Trinajstić information content (AvgIpc) is 3.40. The van der Waals surface area contributed by atoms with Crippen molar-refractivity contribution in [2.24, 2.45) is 0 Å². The number of rotatable bonds is 5. The number of nitrogens with zero attached hydrogens (tertiary/aromatic N) is 3. The van der Waals surface area contributed by atoms with Crippen molar-refractivity contribution in [2.75, 3.05) is 36.8 Å². The van der Waals surface area contributed by atoms with Crippen LogP contribution in [-0.2, 0) is 19.4 Å². The largest absolute Gasteiger partial charge is 0.340 e. The van der Waals surface area contributed by atoms with Gasteiger partial charge >= 0.3 is 0 Å². The molecule has 0 bridgehead atoms. The third-order valence-electron chi connectivity index (χ3n) is 5.80. The molecule has 1 fully saturated rings. The molecule has 0 radical (unpaired) electrons. The number of carbonyl (C=O) groups is 2. The third-order valence-corrected chi connectivity index (χ3v) is 7.88. The molecule has 4 rings (SSSR count). The molecule has 0 saturated carbocycles. The van der Waals surface area contributed by atoms with Gasteiger partial charge in [0, 0.05) is 44.2 Å². The fraction of sp³-hybridized carbons (Fsp3) is 0.364. The molecule has 32 heavy (non-hydrogen) atoms. The second-order valence-electron chi connectivity index (χ2n) is 7.91. The molecule has 3 heterocycles. The van der Waals surface area contributed by atoms with Crippen molar-refractivity contribution in [3.05, 3.63) is 64.0 Å². The van der Waals surface area contributed by atoms with E-state index in [1.807, 2.05) is 21.7 Å². The second-order valence-corrected chi connectivity index (χ2v) is 10.6. The van der Waals surface area contributed by atoms with E-state index in [-0.39, 0.29) is 17.6 Å². The highest BCUT2D eigenvalue weighted by atomic mass is 32.2. The first kappa shape index (κ1) is 22.6. The number of halogens is 1. The highest BCUT2D eigenvalue weighted by molar-refractivity contribution is 7.94. The van der Waals surface area contributed by atoms with Gasteiger partial charge in [-0.25, -0.2) is 12.8 Å². The lowest BCUT2D eigenvalue weighted by atomic mass is 10.0. The molecular weight excluding hydrogens is 453 g/mol. The molecule has 1 saturated heterocycles. The summed E-state index contributed by atoms with van der Waals surface area (Å²) in [6.45, 7) is 3.58. The maximum Gasteiger partial charge on any atom is 0.249 e. The molecule has 2 aromatic rings. The molecule has 2 amide bonds. The molecule has 2 aliphatic rings. The zero-order valence-corrected chi connectivity index (χ0v) is 19.2. The summed E-state index contributed by atoms with van der Waals surface area (Å²) in [5.74, 6) is -0.939. The smallest absolute Gasteiger partial charge is 0.249 e. The van der Waals surface area contributed by atoms with Crippen LogP contribution in [-0.4, -0.2) is 68.0 Å². The van der Waals surface area contributed by atoms with E-state index in [1.54, 1.807) is 4.90 Å². The Kier molecular flexibility index (Phi) is 6.45. The number of thiophene rings is 1. The van der Waals surface area contributed by atoms with E-state index >= 15 is 0 Å². The summed E-state index contributed by atoms with van der Waals surface area (Å²) in [5, 5.41) is 4.93. The SMILES string of the molecule is CC(=O)N1CCN(C(C(=O)N(c2ccc(F)cc2)C2C=CS(=O)(=O)C2)c2ccsc2)CC1. The lowest BCUT2D eigenvalue weighted by molar-refractivity contribution is -0.132. The molecule has 7 nitrogen and oxygen atoms in total. The van der Waals surface area contributed by atoms with Gasteiger partial charge in [0.15, 0.2) is 9.84 Å². The van der Waals surface area contributed by atoms with Crippen molar-refractivity contribution >= 4 is 38.7 Å². The molecule has 2 aliphatic heterocycles. The normalized spacial score (nSPS) is 21.4. The summed E-state index contributed by atoms with van der Waals surface area (Å²) in [5.41, 5.74) is 1.25. The van der Waals surface area contributed by atoms with Crippen LogP contribution in [0.1, 0.15) is 18.5 Å². The minimum atomic E-state index is -3.42. The zero-order chi connectivity index (χ0) is 22.9. The number of sulfone groups is 1. The molecule has 0 aliphatic carbocycles. The minimum absolute atomic E-state index is 0.00250. The molecule has 2 atom stereocenters. The molecule has 1 aromatic carbocycles. The molecule has 170 valence electrons. The van der Waals surface area contributed by atoms with Crippen LogP contribution in [0, 0.1) is 5.82 Å². The number of hydrogen-bond donors (Lipinski definition) is 0. The van der Waals surface area contributed by atoms with Crippen molar-refractivity contribution in [2.45, 2.75) is 19.0 Å². The first-order chi connectivity index (χ1) is 15.2. The van der Waals surface area contributed by atoms with E-state index in [1.165, 1.54) is 53.5 Å². The topological polar surface area (TPSA) is 78.0 Å². The van der Waals surface area contributed by atoms with Gasteiger partial charge in [0.25, 0.3) is 0 Å². The first-order valence-corrected chi connectivity index (χ1v) is 12.9. The van der Waals surface area contributed by atoms with E-state index in [0.717, 1.165) is 11.0 Å². The standard InChI is InChI=1S/C22H24FN3O4S2/c1-16(27)24-8-10-25(11-9-24)21(17-6-12-31-14-17)22(28)26(19-4-2-18(23)3-5-19)20-7-13-32(29,30)15-20/h2-7,12-14,20-21H,8-11,15H2,1H3. The van der Waals surface area contributed by atoms with Crippen molar-refractivity contribution < 1.29 is 22.4 Å². The molecular formula is C22H24FN3O4S2. The van der Waals surface area contributed by atoms with Gasteiger partial charge in [0.2, 0.25) is 11.8 Å². The van der Waals surface area contributed by atoms with Gasteiger partial charge in [0.1, 0.15) is 11.9 Å². The van der Waals surface area contributed by atoms with E-state index in [2.05, 4.69) is 0 Å². The van der Waals surface area contributed by atoms with E-state index in [4.69, 9.17) is 0 Å². The van der Waals surface area contributed by atoms with Crippen molar-refractivity contribution in [3.63, 3.8) is 0 Å². The Labute approximate surface area is 190 Å². The Balaban J connectivity index is 1.69. The average molecular weight is 478 g/mol. The highest BCUT2D eigenvalue weighted by Gasteiger charge is 2.39. The van der Waals surface area contributed by atoms with E-state index in [0.29, 0.717) is 31.9 Å². The van der Waals surface area contributed by atoms with Crippen molar-refractivity contribution in [1.82, 2.24) is 9.80 Å². The number of amides is 2. The zero-order valence-electron chi connectivity index (χ0n) is 17.6. The van der Waals surface area contributed by atoms with Crippen LogP contribution >= 0.6 is 11.3 Å². The number of hydrogen-bond acceptors (Lipinski definition) is 6. The minimum Gasteiger partial charge on any atom is -0.340 e. The van der Waals surface area contributed by atoms with Gasteiger partial charge in [-0.05, 0) is 52.7 Å². The second kappa shape index (κ2) is 9.13. The van der Waals surface area contributed by atoms with Crippen LogP contribution in [0.3, 0.4) is 0 Å². The molecule has 0 spiro atoms. The predicted molar refractivity (Wildman–Crippen MR) is 121 cm³/mol. The Morgan fingerprint density at radius 3 is 2.34 bits per heavy atom. The molecule has 1 aromatic heterocycles. The van der Waals surface area contributed by atoms with Crippen LogP contribution in [0.15, 0.2) is 52.6 Å². The lowest BCUT2D eigenvalue weighted by Gasteiger charge is -2.40.